The van der Waals surface area contributed by atoms with Gasteiger partial charge in [-0.3, -0.25) is 0 Å². The Morgan fingerprint density at radius 2 is 1.62 bits per heavy atom. The summed E-state index contributed by atoms with van der Waals surface area (Å²) in [6.45, 7) is 5.97. The second kappa shape index (κ2) is 15.9. The molecule has 2 fully saturated rings. The summed E-state index contributed by atoms with van der Waals surface area (Å²) in [6, 6.07) is 0. The molecule has 24 heavy (non-hydrogen) atoms. The van der Waals surface area contributed by atoms with E-state index in [1.54, 1.807) is 0 Å². The van der Waals surface area contributed by atoms with Crippen molar-refractivity contribution in [1.82, 2.24) is 0 Å². The van der Waals surface area contributed by atoms with Crippen LogP contribution in [0.1, 0.15) is 32.6 Å². The van der Waals surface area contributed by atoms with Crippen LogP contribution in [0.4, 0.5) is 0 Å². The van der Waals surface area contributed by atoms with Crippen LogP contribution in [0.15, 0.2) is 37.0 Å². The van der Waals surface area contributed by atoms with Gasteiger partial charge in [0.1, 0.15) is 0 Å². The van der Waals surface area contributed by atoms with Crippen LogP contribution in [0.3, 0.4) is 0 Å². The van der Waals surface area contributed by atoms with Crippen LogP contribution in [0, 0.1) is 62.2 Å². The van der Waals surface area contributed by atoms with Gasteiger partial charge < -0.3 is 24.8 Å². The molecule has 0 heterocycles. The Hall–Kier alpha value is 0.683. The molecule has 0 bridgehead atoms. The number of halogens is 2. The third-order valence-corrected chi connectivity index (χ3v) is 3.69. The van der Waals surface area contributed by atoms with Gasteiger partial charge in [-0.25, -0.2) is 0 Å². The molecule has 0 atom stereocenters. The number of fused-ring (bicyclic) bond motifs is 1. The normalized spacial score (nSPS) is 20.2. The van der Waals surface area contributed by atoms with Crippen LogP contribution >= 0.6 is 0 Å². The predicted molar refractivity (Wildman–Crippen MR) is 91.4 cm³/mol. The summed E-state index contributed by atoms with van der Waals surface area (Å²) in [6.07, 6.45) is 28.2. The van der Waals surface area contributed by atoms with E-state index in [0.29, 0.717) is 0 Å². The van der Waals surface area contributed by atoms with E-state index >= 15 is 0 Å². The van der Waals surface area contributed by atoms with Gasteiger partial charge in [0.15, 0.2) is 0 Å². The summed E-state index contributed by atoms with van der Waals surface area (Å²) >= 11 is 0. The van der Waals surface area contributed by atoms with Crippen LogP contribution in [-0.2, 0) is 26.2 Å². The fourth-order valence-electron chi connectivity index (χ4n) is 2.51. The van der Waals surface area contributed by atoms with Crippen molar-refractivity contribution in [2.75, 3.05) is 0 Å². The zero-order valence-electron chi connectivity index (χ0n) is 14.1. The number of hydrogen-bond acceptors (Lipinski definition) is 0. The summed E-state index contributed by atoms with van der Waals surface area (Å²) in [5, 5.41) is 0. The minimum Gasteiger partial charge on any atom is -1.00 e. The van der Waals surface area contributed by atoms with E-state index in [-0.39, 0.29) is 51.0 Å². The average Bonchev–Trinajstić information content (AvgIpc) is 3.16. The van der Waals surface area contributed by atoms with Gasteiger partial charge in [0.25, 0.3) is 0 Å². The second-order valence-corrected chi connectivity index (χ2v) is 5.34. The van der Waals surface area contributed by atoms with E-state index in [1.165, 1.54) is 42.9 Å². The summed E-state index contributed by atoms with van der Waals surface area (Å²) < 4.78 is 0. The molecule has 0 aliphatic heterocycles. The molecule has 10 radical (unpaired) electrons. The number of rotatable bonds is 5. The van der Waals surface area contributed by atoms with Crippen LogP contribution < -0.4 is 24.8 Å². The van der Waals surface area contributed by atoms with Crippen molar-refractivity contribution in [3.8, 4) is 0 Å². The SMILES string of the molecule is C=CC[C]1[CH][CH][C]2C=CC=C[C]21.CCCC[C]1[CH][CH][CH][CH]1.[Cl-].[Cl-].[Zr+4]. The van der Waals surface area contributed by atoms with Crippen molar-refractivity contribution in [3.63, 3.8) is 0 Å². The van der Waals surface area contributed by atoms with Gasteiger partial charge in [0.05, 0.1) is 0 Å². The zero-order valence-corrected chi connectivity index (χ0v) is 18.1. The van der Waals surface area contributed by atoms with Gasteiger partial charge >= 0.3 is 26.2 Å². The molecule has 0 unspecified atom stereocenters. The zero-order chi connectivity index (χ0) is 14.9. The Bertz CT molecular complexity index is 359. The monoisotopic (exact) mass is 436 g/mol. The number of allylic oxidation sites excluding steroid dienone is 5. The summed E-state index contributed by atoms with van der Waals surface area (Å²) in [5.74, 6) is 5.55. The van der Waals surface area contributed by atoms with Crippen LogP contribution in [-0.4, -0.2) is 0 Å². The van der Waals surface area contributed by atoms with E-state index in [2.05, 4.69) is 76.3 Å². The average molecular weight is 439 g/mol. The minimum absolute atomic E-state index is 0. The van der Waals surface area contributed by atoms with Gasteiger partial charge in [0.2, 0.25) is 0 Å². The molecule has 0 aromatic carbocycles. The first kappa shape index (κ1) is 26.9. The molecule has 0 aromatic heterocycles. The standard InChI is InChI=1S/C12H11.C9H13.2ClH.Zr/c1-2-5-10-8-9-11-6-3-4-7-12(10)11;1-2-3-6-9-7-4-5-8-9;;;/h2-4,6-9H,1,5H2;4-5,7-8H,2-3,6H2,1H3;2*1H;/q;;;;+4/p-2. The second-order valence-electron chi connectivity index (χ2n) is 5.34. The first-order valence-corrected chi connectivity index (χ1v) is 7.80. The van der Waals surface area contributed by atoms with Crippen molar-refractivity contribution >= 4 is 0 Å². The molecular weight excluding hydrogens is 414 g/mol. The van der Waals surface area contributed by atoms with Crippen LogP contribution in [0.2, 0.25) is 0 Å². The third-order valence-electron chi connectivity index (χ3n) is 3.69. The maximum Gasteiger partial charge on any atom is 4.00 e. The molecule has 124 valence electrons. The van der Waals surface area contributed by atoms with E-state index < -0.39 is 0 Å². The molecule has 0 nitrogen and oxygen atoms in total. The largest absolute Gasteiger partial charge is 4.00 e. The smallest absolute Gasteiger partial charge is 1.00 e. The molecular formula is C21H24Cl2Zr+2. The molecule has 3 aliphatic carbocycles. The maximum absolute atomic E-state index is 3.74. The topological polar surface area (TPSA) is 0 Å². The summed E-state index contributed by atoms with van der Waals surface area (Å²) in [4.78, 5) is 0. The first-order chi connectivity index (χ1) is 10.3. The fourth-order valence-corrected chi connectivity index (χ4v) is 2.51. The van der Waals surface area contributed by atoms with E-state index in [4.69, 9.17) is 0 Å². The Morgan fingerprint density at radius 1 is 0.958 bits per heavy atom. The van der Waals surface area contributed by atoms with Crippen molar-refractivity contribution in [1.29, 1.82) is 0 Å². The Kier molecular flexibility index (Phi) is 17.8. The Labute approximate surface area is 182 Å². The van der Waals surface area contributed by atoms with Gasteiger partial charge in [-0.1, -0.05) is 50.1 Å². The number of unbranched alkanes of at least 4 members (excludes halogenated alkanes) is 1. The van der Waals surface area contributed by atoms with Crippen molar-refractivity contribution in [2.45, 2.75) is 32.6 Å². The van der Waals surface area contributed by atoms with Crippen LogP contribution in [0.25, 0.3) is 0 Å². The quantitative estimate of drug-likeness (QED) is 0.504. The fraction of sp³-hybridized carbons (Fsp3) is 0.238. The summed E-state index contributed by atoms with van der Waals surface area (Å²) in [5.41, 5.74) is 0. The van der Waals surface area contributed by atoms with Gasteiger partial charge in [-0.2, -0.15) is 0 Å². The van der Waals surface area contributed by atoms with Crippen molar-refractivity contribution in [3.05, 3.63) is 99.2 Å². The van der Waals surface area contributed by atoms with Crippen molar-refractivity contribution in [2.24, 2.45) is 0 Å². The van der Waals surface area contributed by atoms with E-state index in [0.717, 1.165) is 6.42 Å². The number of hydrogen-bond donors (Lipinski definition) is 0. The van der Waals surface area contributed by atoms with E-state index in [1.807, 2.05) is 6.08 Å². The molecule has 0 amide bonds. The van der Waals surface area contributed by atoms with Gasteiger partial charge in [0, 0.05) is 11.8 Å². The Balaban J connectivity index is 0. The third kappa shape index (κ3) is 8.87. The van der Waals surface area contributed by atoms with Gasteiger partial charge in [-0.05, 0) is 63.2 Å². The molecule has 3 rings (SSSR count). The molecule has 0 N–H and O–H groups in total. The first-order valence-electron chi connectivity index (χ1n) is 7.80. The van der Waals surface area contributed by atoms with E-state index in [9.17, 15) is 0 Å². The van der Waals surface area contributed by atoms with Crippen molar-refractivity contribution < 1.29 is 51.0 Å². The molecule has 3 aliphatic rings. The molecule has 3 heteroatoms. The molecule has 0 spiro atoms. The minimum atomic E-state index is 0. The van der Waals surface area contributed by atoms with Crippen LogP contribution in [0.5, 0.6) is 0 Å². The molecule has 0 aromatic rings. The molecule has 2 saturated carbocycles. The molecule has 0 saturated heterocycles. The predicted octanol–water partition coefficient (Wildman–Crippen LogP) is -0.578. The summed E-state index contributed by atoms with van der Waals surface area (Å²) in [7, 11) is 0. The Morgan fingerprint density at radius 3 is 2.25 bits per heavy atom. The maximum atomic E-state index is 3.74. The van der Waals surface area contributed by atoms with Gasteiger partial charge in [-0.15, -0.1) is 6.58 Å².